The van der Waals surface area contributed by atoms with Crippen LogP contribution in [-0.4, -0.2) is 133 Å². The summed E-state index contributed by atoms with van der Waals surface area (Å²) in [6.07, 6.45) is -4.83. The second-order valence-electron chi connectivity index (χ2n) is 20.8. The van der Waals surface area contributed by atoms with E-state index in [1.54, 1.807) is 12.1 Å². The highest BCUT2D eigenvalue weighted by Gasteiger charge is 2.79. The van der Waals surface area contributed by atoms with E-state index < -0.39 is 90.8 Å². The maximum Gasteiger partial charge on any atom is 0.338 e. The number of ketones is 1. The lowest BCUT2D eigenvalue weighted by Gasteiger charge is -2.61. The monoisotopic (exact) mass is 886 g/mol. The minimum Gasteiger partial charge on any atom is -0.497 e. The van der Waals surface area contributed by atoms with E-state index in [2.05, 4.69) is 27.7 Å². The van der Waals surface area contributed by atoms with Gasteiger partial charge >= 0.3 is 11.9 Å². The predicted molar refractivity (Wildman–Crippen MR) is 224 cm³/mol. The summed E-state index contributed by atoms with van der Waals surface area (Å²) in [6.45, 7) is 11.1. The molecule has 63 heavy (non-hydrogen) atoms. The fourth-order valence-corrected chi connectivity index (χ4v) is 14.0. The molecular weight excluding hydrogens is 817 g/mol. The van der Waals surface area contributed by atoms with Crippen LogP contribution in [0.15, 0.2) is 24.3 Å². The molecule has 15 nitrogen and oxygen atoms in total. The maximum atomic E-state index is 14.7. The number of aliphatic hydroxyl groups is 4. The smallest absolute Gasteiger partial charge is 0.338 e. The number of carbonyl (C=O) groups is 3. The topological polar surface area (TPSA) is 206 Å². The van der Waals surface area contributed by atoms with Crippen molar-refractivity contribution in [1.29, 1.82) is 0 Å². The third-order valence-corrected chi connectivity index (χ3v) is 17.5. The first-order valence-corrected chi connectivity index (χ1v) is 23.2. The lowest BCUT2D eigenvalue weighted by atomic mass is 9.44. The first kappa shape index (κ1) is 46.8. The molecular formula is C48H70O15. The summed E-state index contributed by atoms with van der Waals surface area (Å²) in [5, 5.41) is 46.2. The Kier molecular flexibility index (Phi) is 13.0. The van der Waals surface area contributed by atoms with Crippen LogP contribution in [0.1, 0.15) is 110 Å². The Morgan fingerprint density at radius 1 is 0.857 bits per heavy atom. The molecule has 352 valence electrons. The second-order valence-corrected chi connectivity index (χ2v) is 20.8. The number of hydrogen-bond acceptors (Lipinski definition) is 15. The van der Waals surface area contributed by atoms with Crippen molar-refractivity contribution >= 4 is 17.7 Å². The number of aliphatic hydroxyl groups excluding tert-OH is 3. The summed E-state index contributed by atoms with van der Waals surface area (Å²) in [7, 11) is 3.32. The zero-order chi connectivity index (χ0) is 45.4. The van der Waals surface area contributed by atoms with Gasteiger partial charge in [-0.05, 0) is 111 Å². The highest BCUT2D eigenvalue weighted by atomic mass is 16.7. The highest BCUT2D eigenvalue weighted by Crippen LogP contribution is 2.82. The first-order chi connectivity index (χ1) is 29.8. The maximum absolute atomic E-state index is 14.7. The summed E-state index contributed by atoms with van der Waals surface area (Å²) in [4.78, 5) is 40.7. The molecule has 1 aromatic rings. The number of esters is 2. The summed E-state index contributed by atoms with van der Waals surface area (Å²) in [5.74, 6) is -0.353. The molecule has 5 saturated carbocycles. The van der Waals surface area contributed by atoms with Crippen LogP contribution in [0.4, 0.5) is 0 Å². The summed E-state index contributed by atoms with van der Waals surface area (Å²) < 4.78 is 47.9. The van der Waals surface area contributed by atoms with Gasteiger partial charge in [0.2, 0.25) is 0 Å². The standard InChI is InChI=1S/C48H70O15/c1-24(2)9-14-35(25(3)48(55)36(52)20-32-30-19-37(57-8)47-21-28(47)15-17-45(47,5)31(30)16-18-46(32,48)6)61-44-41(60-26(4)49)39(34(51)23-59-44)63-43-40(38(53)33(50)22-58-43)62-42(54)27-10-12-29(56-7)13-11-27/h10-13,24-25,28,30-35,37-41,43-44,50-51,53,55H,9,14-23H2,1-8H3/t25-,28-,30-,31+,32+,33-,34+,35+,37-,38+,39+,40-,41-,43+,44+,45-,46+,47+,48-/m1/s1. The van der Waals surface area contributed by atoms with E-state index in [1.807, 2.05) is 14.0 Å². The molecule has 1 spiro atoms. The van der Waals surface area contributed by atoms with Crippen molar-refractivity contribution < 1.29 is 72.7 Å². The molecule has 7 aliphatic rings. The van der Waals surface area contributed by atoms with E-state index in [4.69, 9.17) is 37.9 Å². The number of rotatable bonds is 14. The van der Waals surface area contributed by atoms with Gasteiger partial charge in [-0.25, -0.2) is 4.79 Å². The Hall–Kier alpha value is -2.73. The zero-order valence-electron chi connectivity index (χ0n) is 38.1. The fourth-order valence-electron chi connectivity index (χ4n) is 14.0. The molecule has 2 saturated heterocycles. The Bertz CT molecular complexity index is 1840. The van der Waals surface area contributed by atoms with E-state index >= 15 is 0 Å². The molecule has 19 atom stereocenters. The molecule has 0 amide bonds. The molecule has 15 heteroatoms. The Labute approximate surface area is 370 Å². The quantitative estimate of drug-likeness (QED) is 0.192. The average Bonchev–Trinajstić information content (AvgIpc) is 3.85. The number of fused-ring (bicyclic) bond motifs is 4. The third-order valence-electron chi connectivity index (χ3n) is 17.5. The van der Waals surface area contributed by atoms with E-state index in [9.17, 15) is 34.8 Å². The van der Waals surface area contributed by atoms with Crippen LogP contribution < -0.4 is 4.74 Å². The summed E-state index contributed by atoms with van der Waals surface area (Å²) in [6, 6.07) is 6.08. The van der Waals surface area contributed by atoms with E-state index in [0.29, 0.717) is 36.8 Å². The fraction of sp³-hybridized carbons (Fsp3) is 0.812. The van der Waals surface area contributed by atoms with Gasteiger partial charge < -0.3 is 58.3 Å². The van der Waals surface area contributed by atoms with Crippen molar-refractivity contribution in [2.24, 2.45) is 51.8 Å². The van der Waals surface area contributed by atoms with Crippen LogP contribution in [-0.2, 0) is 42.7 Å². The van der Waals surface area contributed by atoms with Crippen LogP contribution in [0.2, 0.25) is 0 Å². The number of hydrogen-bond donors (Lipinski definition) is 4. The van der Waals surface area contributed by atoms with Crippen LogP contribution in [0.5, 0.6) is 5.75 Å². The number of methoxy groups -OCH3 is 2. The molecule has 8 rings (SSSR count). The van der Waals surface area contributed by atoms with Crippen molar-refractivity contribution in [3.8, 4) is 5.75 Å². The number of Topliss-reactive ketones (excluding diaryl/α,β-unsaturated/α-hetero) is 1. The summed E-state index contributed by atoms with van der Waals surface area (Å²) in [5.41, 5.74) is -1.99. The van der Waals surface area contributed by atoms with Gasteiger partial charge in [0.15, 0.2) is 30.6 Å². The summed E-state index contributed by atoms with van der Waals surface area (Å²) >= 11 is 0. The SMILES string of the molecule is COc1ccc(C(=O)O[C@H]2[C@H](O[C@@H]3[C@@H](OC(C)=O)[C@H](O[C@@H](CCC(C)C)[C@@H](C)[C@@]4(O)C(=O)C[C@H]5[C@@H]6C[C@@H](OC)[C@]78C[C@H]7CC[C@]8(C)[C@H]6CC[C@@]54C)OC[C@@H]3O)OC[C@@H](O)[C@@H]2O)cc1. The van der Waals surface area contributed by atoms with E-state index in [-0.39, 0.29) is 59.1 Å². The molecule has 0 radical (unpaired) electrons. The normalized spacial score (nSPS) is 45.0. The largest absolute Gasteiger partial charge is 0.497 e. The molecule has 4 N–H and O–H groups in total. The number of benzene rings is 1. The molecule has 0 bridgehead atoms. The van der Waals surface area contributed by atoms with Crippen LogP contribution in [0, 0.1) is 51.8 Å². The van der Waals surface area contributed by atoms with Gasteiger partial charge in [0.25, 0.3) is 0 Å². The minimum absolute atomic E-state index is 0.0321. The Morgan fingerprint density at radius 2 is 1.54 bits per heavy atom. The number of carbonyl (C=O) groups excluding carboxylic acids is 3. The van der Waals surface area contributed by atoms with E-state index in [0.717, 1.165) is 12.8 Å². The van der Waals surface area contributed by atoms with Crippen molar-refractivity contribution in [1.82, 2.24) is 0 Å². The molecule has 2 heterocycles. The second kappa shape index (κ2) is 17.5. The third kappa shape index (κ3) is 7.66. The van der Waals surface area contributed by atoms with Gasteiger partial charge in [-0.1, -0.05) is 34.6 Å². The van der Waals surface area contributed by atoms with Crippen molar-refractivity contribution in [3.05, 3.63) is 29.8 Å². The Morgan fingerprint density at radius 3 is 2.19 bits per heavy atom. The van der Waals surface area contributed by atoms with Crippen molar-refractivity contribution in [2.75, 3.05) is 27.4 Å². The molecule has 0 aromatic heterocycles. The van der Waals surface area contributed by atoms with Gasteiger partial charge in [-0.15, -0.1) is 0 Å². The zero-order valence-corrected chi connectivity index (χ0v) is 38.1. The molecule has 0 unspecified atom stereocenters. The van der Waals surface area contributed by atoms with Gasteiger partial charge in [-0.2, -0.15) is 0 Å². The van der Waals surface area contributed by atoms with Crippen molar-refractivity contribution in [3.63, 3.8) is 0 Å². The van der Waals surface area contributed by atoms with Gasteiger partial charge in [0, 0.05) is 37.2 Å². The Balaban J connectivity index is 1.04. The first-order valence-electron chi connectivity index (χ1n) is 23.2. The lowest BCUT2D eigenvalue weighted by Crippen LogP contribution is -2.64. The minimum atomic E-state index is -1.74. The van der Waals surface area contributed by atoms with Gasteiger partial charge in [0.05, 0.1) is 38.1 Å². The van der Waals surface area contributed by atoms with Crippen LogP contribution in [0.25, 0.3) is 0 Å². The van der Waals surface area contributed by atoms with Crippen LogP contribution in [0.3, 0.4) is 0 Å². The van der Waals surface area contributed by atoms with Crippen LogP contribution >= 0.6 is 0 Å². The molecule has 5 aliphatic carbocycles. The van der Waals surface area contributed by atoms with E-state index in [1.165, 1.54) is 45.4 Å². The molecule has 2 aliphatic heterocycles. The lowest BCUT2D eigenvalue weighted by molar-refractivity contribution is -0.342. The van der Waals surface area contributed by atoms with Gasteiger partial charge in [0.1, 0.15) is 35.8 Å². The predicted octanol–water partition coefficient (Wildman–Crippen LogP) is 4.37. The average molecular weight is 887 g/mol. The van der Waals surface area contributed by atoms with Gasteiger partial charge in [-0.3, -0.25) is 9.59 Å². The van der Waals surface area contributed by atoms with Crippen molar-refractivity contribution in [2.45, 2.75) is 166 Å². The molecule has 7 fully saturated rings. The number of ether oxygens (including phenoxy) is 8. The molecule has 1 aromatic carbocycles. The highest BCUT2D eigenvalue weighted by molar-refractivity contribution is 5.91.